The van der Waals surface area contributed by atoms with Gasteiger partial charge in [0.1, 0.15) is 11.5 Å². The molecule has 0 unspecified atom stereocenters. The van der Waals surface area contributed by atoms with Crippen LogP contribution in [0.3, 0.4) is 0 Å². The first-order chi connectivity index (χ1) is 11.5. The van der Waals surface area contributed by atoms with E-state index in [1.165, 1.54) is 19.2 Å². The Bertz CT molecular complexity index is 844. The molecule has 6 heteroatoms. The number of benzene rings is 2. The lowest BCUT2D eigenvalue weighted by Gasteiger charge is -2.29. The minimum Gasteiger partial charge on any atom is -0.497 e. The lowest BCUT2D eigenvalue weighted by Crippen LogP contribution is -2.39. The van der Waals surface area contributed by atoms with Crippen molar-refractivity contribution < 1.29 is 17.9 Å². The third kappa shape index (κ3) is 3.28. The highest BCUT2D eigenvalue weighted by Crippen LogP contribution is 2.27. The molecule has 1 aliphatic rings. The van der Waals surface area contributed by atoms with E-state index in [1.54, 1.807) is 17.0 Å². The topological polar surface area (TPSA) is 63.7 Å². The molecular weight excluding hydrogens is 326 g/mol. The summed E-state index contributed by atoms with van der Waals surface area (Å²) in [5, 5.41) is 0. The first kappa shape index (κ1) is 16.5. The van der Waals surface area contributed by atoms with E-state index in [2.05, 4.69) is 0 Å². The van der Waals surface area contributed by atoms with Crippen molar-refractivity contribution >= 4 is 21.4 Å². The van der Waals surface area contributed by atoms with Gasteiger partial charge in [-0.15, -0.1) is 0 Å². The highest BCUT2D eigenvalue weighted by Gasteiger charge is 2.27. The summed E-state index contributed by atoms with van der Waals surface area (Å²) < 4.78 is 30.0. The van der Waals surface area contributed by atoms with Crippen LogP contribution in [-0.4, -0.2) is 33.7 Å². The zero-order valence-electron chi connectivity index (χ0n) is 13.4. The van der Waals surface area contributed by atoms with Crippen molar-refractivity contribution in [1.29, 1.82) is 0 Å². The normalized spacial score (nSPS) is 14.1. The van der Waals surface area contributed by atoms with Crippen LogP contribution in [0.2, 0.25) is 0 Å². The summed E-state index contributed by atoms with van der Waals surface area (Å²) in [7, 11) is -2.17. The second-order valence-electron chi connectivity index (χ2n) is 5.71. The number of carbonyl (C=O) groups excluding carboxylic acids is 1. The third-order valence-electron chi connectivity index (χ3n) is 4.14. The molecule has 0 aromatic heterocycles. The standard InChI is InChI=1S/C18H19NO4S/c1-23-15-8-10-16(11-9-15)24(21,22)13-18(20)19-12-4-6-14-5-2-3-7-17(14)19/h2-3,5,7-11H,4,6,12-13H2,1H3. The molecule has 126 valence electrons. The zero-order chi connectivity index (χ0) is 17.2. The van der Waals surface area contributed by atoms with Gasteiger partial charge in [-0.05, 0) is 48.7 Å². The summed E-state index contributed by atoms with van der Waals surface area (Å²) in [6.07, 6.45) is 1.75. The Morgan fingerprint density at radius 3 is 2.54 bits per heavy atom. The Balaban J connectivity index is 1.81. The van der Waals surface area contributed by atoms with E-state index in [1.807, 2.05) is 24.3 Å². The molecule has 2 aromatic rings. The molecular formula is C18H19NO4S. The van der Waals surface area contributed by atoms with Gasteiger partial charge in [0.05, 0.1) is 12.0 Å². The highest BCUT2D eigenvalue weighted by atomic mass is 32.2. The molecule has 0 atom stereocenters. The van der Waals surface area contributed by atoms with Gasteiger partial charge in [0.15, 0.2) is 9.84 Å². The van der Waals surface area contributed by atoms with Crippen LogP contribution in [0.15, 0.2) is 53.4 Å². The number of ether oxygens (including phenoxy) is 1. The van der Waals surface area contributed by atoms with Crippen LogP contribution in [0.4, 0.5) is 5.69 Å². The van der Waals surface area contributed by atoms with Gasteiger partial charge in [0.2, 0.25) is 5.91 Å². The van der Waals surface area contributed by atoms with Crippen LogP contribution in [-0.2, 0) is 21.1 Å². The van der Waals surface area contributed by atoms with Gasteiger partial charge in [-0.3, -0.25) is 4.79 Å². The Morgan fingerprint density at radius 1 is 1.12 bits per heavy atom. The molecule has 5 nitrogen and oxygen atoms in total. The monoisotopic (exact) mass is 345 g/mol. The molecule has 0 N–H and O–H groups in total. The average molecular weight is 345 g/mol. The number of hydrogen-bond acceptors (Lipinski definition) is 4. The number of nitrogens with zero attached hydrogens (tertiary/aromatic N) is 1. The van der Waals surface area contributed by atoms with E-state index in [-0.39, 0.29) is 4.90 Å². The Kier molecular flexibility index (Phi) is 4.57. The molecule has 0 saturated heterocycles. The van der Waals surface area contributed by atoms with Gasteiger partial charge < -0.3 is 9.64 Å². The van der Waals surface area contributed by atoms with Crippen LogP contribution in [0.1, 0.15) is 12.0 Å². The second-order valence-corrected chi connectivity index (χ2v) is 7.70. The molecule has 0 aliphatic carbocycles. The summed E-state index contributed by atoms with van der Waals surface area (Å²) in [5.41, 5.74) is 1.90. The largest absolute Gasteiger partial charge is 0.497 e. The molecule has 0 saturated carbocycles. The van der Waals surface area contributed by atoms with Gasteiger partial charge in [0, 0.05) is 12.2 Å². The number of anilines is 1. The maximum absolute atomic E-state index is 12.6. The Labute approximate surface area is 141 Å². The summed E-state index contributed by atoms with van der Waals surface area (Å²) in [6.45, 7) is 0.550. The van der Waals surface area contributed by atoms with Crippen molar-refractivity contribution in [3.8, 4) is 5.75 Å². The first-order valence-corrected chi connectivity index (χ1v) is 9.41. The van der Waals surface area contributed by atoms with E-state index in [0.29, 0.717) is 12.3 Å². The van der Waals surface area contributed by atoms with Crippen LogP contribution in [0.25, 0.3) is 0 Å². The maximum atomic E-state index is 12.6. The number of fused-ring (bicyclic) bond motifs is 1. The van der Waals surface area contributed by atoms with E-state index >= 15 is 0 Å². The molecule has 1 amide bonds. The number of aryl methyl sites for hydroxylation is 1. The maximum Gasteiger partial charge on any atom is 0.242 e. The van der Waals surface area contributed by atoms with Crippen molar-refractivity contribution in [2.75, 3.05) is 24.3 Å². The molecule has 1 heterocycles. The second kappa shape index (κ2) is 6.65. The van der Waals surface area contributed by atoms with E-state index < -0.39 is 21.5 Å². The SMILES string of the molecule is COc1ccc(S(=O)(=O)CC(=O)N2CCCc3ccccc32)cc1. The number of rotatable bonds is 4. The minimum atomic E-state index is -3.68. The molecule has 0 fully saturated rings. The zero-order valence-corrected chi connectivity index (χ0v) is 14.3. The van der Waals surface area contributed by atoms with E-state index in [0.717, 1.165) is 24.1 Å². The number of amides is 1. The first-order valence-electron chi connectivity index (χ1n) is 7.76. The quantitative estimate of drug-likeness (QED) is 0.854. The fourth-order valence-corrected chi connectivity index (χ4v) is 4.10. The lowest BCUT2D eigenvalue weighted by molar-refractivity contribution is -0.116. The number of para-hydroxylation sites is 1. The minimum absolute atomic E-state index is 0.127. The summed E-state index contributed by atoms with van der Waals surface area (Å²) in [6, 6.07) is 13.7. The molecule has 2 aromatic carbocycles. The fourth-order valence-electron chi connectivity index (χ4n) is 2.90. The molecule has 24 heavy (non-hydrogen) atoms. The summed E-state index contributed by atoms with van der Waals surface area (Å²) in [4.78, 5) is 14.3. The number of hydrogen-bond donors (Lipinski definition) is 0. The summed E-state index contributed by atoms with van der Waals surface area (Å²) in [5.74, 6) is -0.351. The van der Waals surface area contributed by atoms with Gasteiger partial charge in [0.25, 0.3) is 0 Å². The van der Waals surface area contributed by atoms with E-state index in [4.69, 9.17) is 4.74 Å². The molecule has 3 rings (SSSR count). The van der Waals surface area contributed by atoms with Crippen LogP contribution in [0.5, 0.6) is 5.75 Å². The van der Waals surface area contributed by atoms with Crippen LogP contribution in [0, 0.1) is 0 Å². The highest BCUT2D eigenvalue weighted by molar-refractivity contribution is 7.92. The van der Waals surface area contributed by atoms with Crippen LogP contribution >= 0.6 is 0 Å². The van der Waals surface area contributed by atoms with Crippen molar-refractivity contribution in [3.05, 3.63) is 54.1 Å². The number of sulfone groups is 1. The molecule has 0 bridgehead atoms. The van der Waals surface area contributed by atoms with Gasteiger partial charge in [-0.2, -0.15) is 0 Å². The summed E-state index contributed by atoms with van der Waals surface area (Å²) >= 11 is 0. The predicted octanol–water partition coefficient (Wildman–Crippen LogP) is 2.45. The van der Waals surface area contributed by atoms with Crippen molar-refractivity contribution in [1.82, 2.24) is 0 Å². The number of methoxy groups -OCH3 is 1. The Hall–Kier alpha value is -2.34. The fraction of sp³-hybridized carbons (Fsp3) is 0.278. The predicted molar refractivity (Wildman–Crippen MR) is 92.2 cm³/mol. The third-order valence-corrected chi connectivity index (χ3v) is 5.76. The Morgan fingerprint density at radius 2 is 1.83 bits per heavy atom. The smallest absolute Gasteiger partial charge is 0.242 e. The van der Waals surface area contributed by atoms with Gasteiger partial charge in [-0.1, -0.05) is 18.2 Å². The van der Waals surface area contributed by atoms with Crippen molar-refractivity contribution in [2.45, 2.75) is 17.7 Å². The van der Waals surface area contributed by atoms with Gasteiger partial charge >= 0.3 is 0 Å². The molecule has 0 radical (unpaired) electrons. The van der Waals surface area contributed by atoms with Crippen LogP contribution < -0.4 is 9.64 Å². The van der Waals surface area contributed by atoms with E-state index in [9.17, 15) is 13.2 Å². The molecule has 0 spiro atoms. The average Bonchev–Trinajstić information content (AvgIpc) is 2.61. The van der Waals surface area contributed by atoms with Crippen molar-refractivity contribution in [2.24, 2.45) is 0 Å². The molecule has 1 aliphatic heterocycles. The van der Waals surface area contributed by atoms with Crippen molar-refractivity contribution in [3.63, 3.8) is 0 Å². The lowest BCUT2D eigenvalue weighted by atomic mass is 10.0. The number of carbonyl (C=O) groups is 1. The van der Waals surface area contributed by atoms with Gasteiger partial charge in [-0.25, -0.2) is 8.42 Å².